The number of carboxylic acid groups (broad SMARTS) is 1. The number of anilines is 1. The molecule has 0 bridgehead atoms. The Morgan fingerprint density at radius 1 is 1.24 bits per heavy atom. The molecule has 1 aliphatic rings. The summed E-state index contributed by atoms with van der Waals surface area (Å²) in [5.74, 6) is -0.592. The van der Waals surface area contributed by atoms with Gasteiger partial charge in [-0.15, -0.1) is 0 Å². The number of carboxylic acids is 1. The van der Waals surface area contributed by atoms with E-state index in [1.807, 2.05) is 0 Å². The maximum absolute atomic E-state index is 12.0. The normalized spacial score (nSPS) is 15.7. The molecule has 0 saturated heterocycles. The number of hydrogen-bond acceptors (Lipinski definition) is 3. The molecule has 0 unspecified atom stereocenters. The Hall–Kier alpha value is -1.84. The fourth-order valence-corrected chi connectivity index (χ4v) is 3.02. The highest BCUT2D eigenvalue weighted by atomic mass is 16.4. The van der Waals surface area contributed by atoms with Gasteiger partial charge in [-0.25, -0.2) is 0 Å². The zero-order valence-electron chi connectivity index (χ0n) is 12.5. The van der Waals surface area contributed by atoms with Gasteiger partial charge in [0.05, 0.1) is 5.97 Å². The predicted octanol–water partition coefficient (Wildman–Crippen LogP) is 2.66. The van der Waals surface area contributed by atoms with Crippen molar-refractivity contribution in [1.82, 2.24) is 0 Å². The third-order valence-electron chi connectivity index (χ3n) is 4.33. The van der Waals surface area contributed by atoms with Crippen molar-refractivity contribution in [3.8, 4) is 0 Å². The van der Waals surface area contributed by atoms with Gasteiger partial charge >= 0.3 is 0 Å². The van der Waals surface area contributed by atoms with E-state index in [-0.39, 0.29) is 11.5 Å². The van der Waals surface area contributed by atoms with Crippen molar-refractivity contribution >= 4 is 17.6 Å². The van der Waals surface area contributed by atoms with Crippen LogP contribution in [0.4, 0.5) is 5.69 Å². The molecule has 21 heavy (non-hydrogen) atoms. The molecule has 4 nitrogen and oxygen atoms in total. The summed E-state index contributed by atoms with van der Waals surface area (Å²) in [4.78, 5) is 23.0. The van der Waals surface area contributed by atoms with Crippen molar-refractivity contribution in [2.45, 2.75) is 51.9 Å². The molecule has 1 aromatic rings. The van der Waals surface area contributed by atoms with E-state index in [0.717, 1.165) is 6.42 Å². The van der Waals surface area contributed by atoms with Crippen molar-refractivity contribution in [3.05, 3.63) is 29.3 Å². The van der Waals surface area contributed by atoms with E-state index in [1.165, 1.54) is 38.2 Å². The minimum Gasteiger partial charge on any atom is -0.545 e. The summed E-state index contributed by atoms with van der Waals surface area (Å²) in [5, 5.41) is 13.8. The summed E-state index contributed by atoms with van der Waals surface area (Å²) < 4.78 is 0. The maximum atomic E-state index is 12.0. The van der Waals surface area contributed by atoms with Gasteiger partial charge in [0.2, 0.25) is 5.91 Å². The molecule has 1 N–H and O–H groups in total. The van der Waals surface area contributed by atoms with Crippen LogP contribution in [0.2, 0.25) is 0 Å². The molecular formula is C17H22NO3-. The van der Waals surface area contributed by atoms with Crippen LogP contribution in [0.3, 0.4) is 0 Å². The minimum atomic E-state index is -1.22. The van der Waals surface area contributed by atoms with E-state index in [2.05, 4.69) is 5.32 Å². The quantitative estimate of drug-likeness (QED) is 0.905. The first-order valence-electron chi connectivity index (χ1n) is 7.68. The summed E-state index contributed by atoms with van der Waals surface area (Å²) in [6, 6.07) is 4.83. The van der Waals surface area contributed by atoms with E-state index in [4.69, 9.17) is 0 Å². The molecule has 0 aromatic heterocycles. The van der Waals surface area contributed by atoms with Crippen molar-refractivity contribution in [3.63, 3.8) is 0 Å². The molecule has 2 rings (SSSR count). The Labute approximate surface area is 125 Å². The van der Waals surface area contributed by atoms with Crippen LogP contribution >= 0.6 is 0 Å². The average Bonchev–Trinajstić information content (AvgIpc) is 2.48. The van der Waals surface area contributed by atoms with E-state index in [0.29, 0.717) is 23.6 Å². The van der Waals surface area contributed by atoms with Gasteiger partial charge < -0.3 is 15.2 Å². The Kier molecular flexibility index (Phi) is 5.37. The second-order valence-corrected chi connectivity index (χ2v) is 5.86. The van der Waals surface area contributed by atoms with E-state index < -0.39 is 5.97 Å². The van der Waals surface area contributed by atoms with Crippen LogP contribution in [0, 0.1) is 12.8 Å². The number of aromatic carboxylic acids is 1. The molecule has 4 heteroatoms. The van der Waals surface area contributed by atoms with E-state index >= 15 is 0 Å². The van der Waals surface area contributed by atoms with Gasteiger partial charge in [-0.3, -0.25) is 4.79 Å². The Bertz CT molecular complexity index is 519. The minimum absolute atomic E-state index is 0.0424. The number of hydrogen-bond donors (Lipinski definition) is 1. The number of carbonyl (C=O) groups excluding carboxylic acids is 2. The van der Waals surface area contributed by atoms with Gasteiger partial charge in [0.15, 0.2) is 0 Å². The van der Waals surface area contributed by atoms with Gasteiger partial charge in [0, 0.05) is 17.7 Å². The monoisotopic (exact) mass is 288 g/mol. The molecule has 0 atom stereocenters. The van der Waals surface area contributed by atoms with Gasteiger partial charge in [0.1, 0.15) is 0 Å². The van der Waals surface area contributed by atoms with Crippen LogP contribution in [0.15, 0.2) is 18.2 Å². The molecule has 1 aliphatic carbocycles. The van der Waals surface area contributed by atoms with Crippen LogP contribution in [-0.4, -0.2) is 11.9 Å². The highest BCUT2D eigenvalue weighted by molar-refractivity contribution is 5.95. The van der Waals surface area contributed by atoms with Crippen LogP contribution in [-0.2, 0) is 4.79 Å². The van der Waals surface area contributed by atoms with Gasteiger partial charge in [-0.1, -0.05) is 44.2 Å². The number of amides is 1. The highest BCUT2D eigenvalue weighted by Gasteiger charge is 2.15. The van der Waals surface area contributed by atoms with Crippen LogP contribution < -0.4 is 10.4 Å². The molecule has 0 aliphatic heterocycles. The second-order valence-electron chi connectivity index (χ2n) is 5.86. The first kappa shape index (κ1) is 15.5. The average molecular weight is 288 g/mol. The lowest BCUT2D eigenvalue weighted by Gasteiger charge is -2.21. The summed E-state index contributed by atoms with van der Waals surface area (Å²) in [7, 11) is 0. The van der Waals surface area contributed by atoms with Crippen LogP contribution in [0.25, 0.3) is 0 Å². The van der Waals surface area contributed by atoms with E-state index in [1.54, 1.807) is 19.1 Å². The van der Waals surface area contributed by atoms with Crippen LogP contribution in [0.5, 0.6) is 0 Å². The Morgan fingerprint density at radius 3 is 2.62 bits per heavy atom. The number of benzene rings is 1. The van der Waals surface area contributed by atoms with Crippen molar-refractivity contribution in [1.29, 1.82) is 0 Å². The fraction of sp³-hybridized carbons (Fsp3) is 0.529. The first-order valence-corrected chi connectivity index (χ1v) is 7.68. The summed E-state index contributed by atoms with van der Waals surface area (Å²) in [5.41, 5.74) is 1.23. The fourth-order valence-electron chi connectivity index (χ4n) is 3.02. The molecule has 1 aromatic carbocycles. The predicted molar refractivity (Wildman–Crippen MR) is 79.9 cm³/mol. The topological polar surface area (TPSA) is 69.2 Å². The second kappa shape index (κ2) is 7.25. The van der Waals surface area contributed by atoms with E-state index in [9.17, 15) is 14.7 Å². The SMILES string of the molecule is Cc1c(NC(=O)CCC2CCCCC2)cccc1C(=O)[O-]. The standard InChI is InChI=1S/C17H23NO3/c1-12-14(17(20)21)8-5-9-15(12)18-16(19)11-10-13-6-3-2-4-7-13/h5,8-9,13H,2-4,6-7,10-11H2,1H3,(H,18,19)(H,20,21)/p-1. The summed E-state index contributed by atoms with van der Waals surface area (Å²) in [6.45, 7) is 1.68. The Balaban J connectivity index is 1.90. The summed E-state index contributed by atoms with van der Waals surface area (Å²) in [6.07, 6.45) is 7.75. The maximum Gasteiger partial charge on any atom is 0.224 e. The summed E-state index contributed by atoms with van der Waals surface area (Å²) >= 11 is 0. The first-order chi connectivity index (χ1) is 10.1. The molecule has 1 saturated carbocycles. The molecule has 0 radical (unpaired) electrons. The van der Waals surface area contributed by atoms with Gasteiger partial charge in [-0.2, -0.15) is 0 Å². The van der Waals surface area contributed by atoms with Crippen molar-refractivity contribution in [2.24, 2.45) is 5.92 Å². The lowest BCUT2D eigenvalue weighted by molar-refractivity contribution is -0.255. The molecule has 114 valence electrons. The number of nitrogens with one attached hydrogen (secondary N) is 1. The van der Waals surface area contributed by atoms with Crippen molar-refractivity contribution in [2.75, 3.05) is 5.32 Å². The number of rotatable bonds is 5. The molecular weight excluding hydrogens is 266 g/mol. The largest absolute Gasteiger partial charge is 0.545 e. The van der Waals surface area contributed by atoms with Gasteiger partial charge in [-0.05, 0) is 30.9 Å². The third-order valence-corrected chi connectivity index (χ3v) is 4.33. The molecule has 0 spiro atoms. The zero-order valence-corrected chi connectivity index (χ0v) is 12.5. The molecule has 0 heterocycles. The third kappa shape index (κ3) is 4.31. The lowest BCUT2D eigenvalue weighted by Crippen LogP contribution is -2.24. The smallest absolute Gasteiger partial charge is 0.224 e. The molecule has 1 amide bonds. The Morgan fingerprint density at radius 2 is 1.95 bits per heavy atom. The highest BCUT2D eigenvalue weighted by Crippen LogP contribution is 2.27. The molecule has 1 fully saturated rings. The van der Waals surface area contributed by atoms with Gasteiger partial charge in [0.25, 0.3) is 0 Å². The number of carbonyl (C=O) groups is 2. The van der Waals surface area contributed by atoms with Crippen molar-refractivity contribution < 1.29 is 14.7 Å². The van der Waals surface area contributed by atoms with Crippen LogP contribution in [0.1, 0.15) is 60.9 Å². The zero-order chi connectivity index (χ0) is 15.2. The lowest BCUT2D eigenvalue weighted by atomic mass is 9.86.